The second kappa shape index (κ2) is 6.87. The minimum Gasteiger partial charge on any atom is -0.340 e. The van der Waals surface area contributed by atoms with Crippen molar-refractivity contribution < 1.29 is 9.18 Å². The van der Waals surface area contributed by atoms with Crippen molar-refractivity contribution in [2.75, 3.05) is 10.6 Å². The molecule has 3 rings (SSSR count). The molecule has 2 aromatic carbocycles. The van der Waals surface area contributed by atoms with Crippen LogP contribution in [0.25, 0.3) is 0 Å². The van der Waals surface area contributed by atoms with E-state index in [0.717, 1.165) is 11.3 Å². The normalized spacial score (nSPS) is 10.2. The number of carbonyl (C=O) groups excluding carboxylic acids is 1. The molecule has 24 heavy (non-hydrogen) atoms. The fourth-order valence-corrected chi connectivity index (χ4v) is 2.18. The van der Waals surface area contributed by atoms with E-state index in [4.69, 9.17) is 0 Å². The van der Waals surface area contributed by atoms with Gasteiger partial charge in [-0.2, -0.15) is 0 Å². The van der Waals surface area contributed by atoms with E-state index in [1.807, 2.05) is 31.2 Å². The lowest BCUT2D eigenvalue weighted by Crippen LogP contribution is -2.14. The van der Waals surface area contributed by atoms with Gasteiger partial charge in [0.2, 0.25) is 0 Å². The van der Waals surface area contributed by atoms with E-state index >= 15 is 0 Å². The van der Waals surface area contributed by atoms with Crippen LogP contribution in [0, 0.1) is 12.7 Å². The Labute approximate surface area is 138 Å². The third-order valence-corrected chi connectivity index (χ3v) is 3.27. The monoisotopic (exact) mass is 322 g/mol. The molecule has 0 spiro atoms. The van der Waals surface area contributed by atoms with E-state index in [1.54, 1.807) is 6.07 Å². The molecule has 0 saturated carbocycles. The molecular weight excluding hydrogens is 307 g/mol. The van der Waals surface area contributed by atoms with Crippen molar-refractivity contribution in [2.45, 2.75) is 6.92 Å². The van der Waals surface area contributed by atoms with Crippen LogP contribution in [0.15, 0.2) is 60.9 Å². The van der Waals surface area contributed by atoms with Crippen LogP contribution in [0.1, 0.15) is 16.1 Å². The van der Waals surface area contributed by atoms with Gasteiger partial charge in [0.15, 0.2) is 0 Å². The van der Waals surface area contributed by atoms with Gasteiger partial charge >= 0.3 is 0 Å². The number of benzene rings is 2. The Balaban J connectivity index is 1.76. The van der Waals surface area contributed by atoms with Crippen molar-refractivity contribution in [1.82, 2.24) is 9.97 Å². The zero-order valence-corrected chi connectivity index (χ0v) is 13.0. The molecule has 0 unspecified atom stereocenters. The van der Waals surface area contributed by atoms with Crippen LogP contribution in [-0.2, 0) is 0 Å². The molecule has 5 nitrogen and oxygen atoms in total. The summed E-state index contributed by atoms with van der Waals surface area (Å²) in [5, 5.41) is 5.72. The van der Waals surface area contributed by atoms with Gasteiger partial charge in [-0.1, -0.05) is 18.2 Å². The molecule has 3 aromatic rings. The highest BCUT2D eigenvalue weighted by Gasteiger charge is 2.10. The van der Waals surface area contributed by atoms with Gasteiger partial charge in [0.25, 0.3) is 5.91 Å². The maximum atomic E-state index is 13.2. The highest BCUT2D eigenvalue weighted by atomic mass is 19.1. The van der Waals surface area contributed by atoms with Crippen molar-refractivity contribution in [1.29, 1.82) is 0 Å². The number of anilines is 3. The van der Waals surface area contributed by atoms with Crippen molar-refractivity contribution in [3.05, 3.63) is 78.0 Å². The van der Waals surface area contributed by atoms with E-state index < -0.39 is 11.7 Å². The van der Waals surface area contributed by atoms with Crippen LogP contribution in [-0.4, -0.2) is 15.9 Å². The quantitative estimate of drug-likeness (QED) is 0.764. The number of rotatable bonds is 4. The number of nitrogens with zero attached hydrogens (tertiary/aromatic N) is 2. The summed E-state index contributed by atoms with van der Waals surface area (Å²) in [7, 11) is 0. The number of aromatic nitrogens is 2. The van der Waals surface area contributed by atoms with Gasteiger partial charge in [0, 0.05) is 17.4 Å². The zero-order valence-electron chi connectivity index (χ0n) is 13.0. The number of halogens is 1. The third-order valence-electron chi connectivity index (χ3n) is 3.27. The van der Waals surface area contributed by atoms with Crippen molar-refractivity contribution >= 4 is 23.1 Å². The first kappa shape index (κ1) is 15.6. The molecule has 0 radical (unpaired) electrons. The second-order valence-electron chi connectivity index (χ2n) is 5.25. The Bertz CT molecular complexity index is 882. The Morgan fingerprint density at radius 1 is 1.00 bits per heavy atom. The Morgan fingerprint density at radius 3 is 2.58 bits per heavy atom. The molecule has 0 aliphatic carbocycles. The number of hydrogen-bond donors (Lipinski definition) is 2. The fourth-order valence-electron chi connectivity index (χ4n) is 2.18. The van der Waals surface area contributed by atoms with Crippen LogP contribution in [0.3, 0.4) is 0 Å². The third kappa shape index (κ3) is 3.92. The standard InChI is InChI=1S/C18H15FN4O/c1-12-4-2-6-14(8-12)22-17-10-16(20-11-21-17)18(24)23-15-7-3-5-13(19)9-15/h2-11H,1H3,(H,23,24)(H,20,21,22). The maximum Gasteiger partial charge on any atom is 0.274 e. The SMILES string of the molecule is Cc1cccc(Nc2cc(C(=O)Nc3cccc(F)c3)ncn2)c1. The second-order valence-corrected chi connectivity index (χ2v) is 5.25. The number of amides is 1. The Morgan fingerprint density at radius 2 is 1.79 bits per heavy atom. The van der Waals surface area contributed by atoms with Gasteiger partial charge < -0.3 is 10.6 Å². The Kier molecular flexibility index (Phi) is 4.47. The average Bonchev–Trinajstić information content (AvgIpc) is 2.55. The molecule has 0 atom stereocenters. The van der Waals surface area contributed by atoms with Crippen LogP contribution in [0.4, 0.5) is 21.6 Å². The number of hydrogen-bond acceptors (Lipinski definition) is 4. The first-order valence-electron chi connectivity index (χ1n) is 7.33. The van der Waals surface area contributed by atoms with Gasteiger partial charge in [-0.3, -0.25) is 4.79 Å². The molecule has 1 aromatic heterocycles. The van der Waals surface area contributed by atoms with Crippen LogP contribution >= 0.6 is 0 Å². The number of carbonyl (C=O) groups is 1. The summed E-state index contributed by atoms with van der Waals surface area (Å²) in [5.41, 5.74) is 2.53. The fraction of sp³-hybridized carbons (Fsp3) is 0.0556. The largest absolute Gasteiger partial charge is 0.340 e. The molecule has 6 heteroatoms. The van der Waals surface area contributed by atoms with Gasteiger partial charge in [-0.15, -0.1) is 0 Å². The van der Waals surface area contributed by atoms with E-state index in [0.29, 0.717) is 11.5 Å². The lowest BCUT2D eigenvalue weighted by atomic mass is 10.2. The molecule has 0 aliphatic heterocycles. The van der Waals surface area contributed by atoms with Crippen molar-refractivity contribution in [3.8, 4) is 0 Å². The molecule has 0 saturated heterocycles. The topological polar surface area (TPSA) is 66.9 Å². The van der Waals surface area contributed by atoms with Gasteiger partial charge in [-0.05, 0) is 42.8 Å². The molecule has 1 heterocycles. The summed E-state index contributed by atoms with van der Waals surface area (Å²) in [6.07, 6.45) is 1.30. The van der Waals surface area contributed by atoms with E-state index in [-0.39, 0.29) is 5.69 Å². The lowest BCUT2D eigenvalue weighted by Gasteiger charge is -2.08. The zero-order chi connectivity index (χ0) is 16.9. The summed E-state index contributed by atoms with van der Waals surface area (Å²) in [5.74, 6) is -0.354. The number of aryl methyl sites for hydroxylation is 1. The highest BCUT2D eigenvalue weighted by Crippen LogP contribution is 2.16. The molecule has 1 amide bonds. The predicted octanol–water partition coefficient (Wildman–Crippen LogP) is 3.92. The van der Waals surface area contributed by atoms with Gasteiger partial charge in [0.1, 0.15) is 23.7 Å². The highest BCUT2D eigenvalue weighted by molar-refractivity contribution is 6.03. The summed E-state index contributed by atoms with van der Waals surface area (Å²) < 4.78 is 13.2. The summed E-state index contributed by atoms with van der Waals surface area (Å²) in [6.45, 7) is 1.99. The number of nitrogens with one attached hydrogen (secondary N) is 2. The minimum absolute atomic E-state index is 0.185. The van der Waals surface area contributed by atoms with E-state index in [9.17, 15) is 9.18 Å². The summed E-state index contributed by atoms with van der Waals surface area (Å²) in [4.78, 5) is 20.3. The summed E-state index contributed by atoms with van der Waals surface area (Å²) >= 11 is 0. The minimum atomic E-state index is -0.435. The van der Waals surface area contributed by atoms with E-state index in [1.165, 1.54) is 30.6 Å². The molecule has 0 fully saturated rings. The van der Waals surface area contributed by atoms with Crippen LogP contribution in [0.5, 0.6) is 0 Å². The van der Waals surface area contributed by atoms with Crippen molar-refractivity contribution in [2.24, 2.45) is 0 Å². The average molecular weight is 322 g/mol. The maximum absolute atomic E-state index is 13.2. The first-order chi connectivity index (χ1) is 11.6. The molecule has 2 N–H and O–H groups in total. The Hall–Kier alpha value is -3.28. The molecular formula is C18H15FN4O. The predicted molar refractivity (Wildman–Crippen MR) is 90.8 cm³/mol. The molecule has 0 aliphatic rings. The van der Waals surface area contributed by atoms with Gasteiger partial charge in [-0.25, -0.2) is 14.4 Å². The van der Waals surface area contributed by atoms with Crippen LogP contribution in [0.2, 0.25) is 0 Å². The molecule has 120 valence electrons. The van der Waals surface area contributed by atoms with Gasteiger partial charge in [0.05, 0.1) is 0 Å². The lowest BCUT2D eigenvalue weighted by molar-refractivity contribution is 0.102. The first-order valence-corrected chi connectivity index (χ1v) is 7.33. The summed E-state index contributed by atoms with van der Waals surface area (Å²) in [6, 6.07) is 15.0. The van der Waals surface area contributed by atoms with E-state index in [2.05, 4.69) is 20.6 Å². The smallest absolute Gasteiger partial charge is 0.274 e. The van der Waals surface area contributed by atoms with Crippen molar-refractivity contribution in [3.63, 3.8) is 0 Å². The van der Waals surface area contributed by atoms with Crippen LogP contribution < -0.4 is 10.6 Å². The molecule has 0 bridgehead atoms.